The van der Waals surface area contributed by atoms with Crippen LogP contribution in [0.5, 0.6) is 0 Å². The van der Waals surface area contributed by atoms with Crippen LogP contribution in [-0.4, -0.2) is 48.0 Å². The van der Waals surface area contributed by atoms with Crippen molar-refractivity contribution in [3.8, 4) is 5.69 Å². The molecule has 9 nitrogen and oxygen atoms in total. The first-order valence-corrected chi connectivity index (χ1v) is 9.02. The first-order chi connectivity index (χ1) is 14.0. The molecule has 3 aromatic rings. The van der Waals surface area contributed by atoms with Crippen molar-refractivity contribution < 1.29 is 19.1 Å². The van der Waals surface area contributed by atoms with Crippen molar-refractivity contribution in [2.75, 3.05) is 0 Å². The van der Waals surface area contributed by atoms with Gasteiger partial charge < -0.3 is 10.4 Å². The predicted molar refractivity (Wildman–Crippen MR) is 98.2 cm³/mol. The number of hydrogen-bond acceptors (Lipinski definition) is 6. The molecule has 10 heteroatoms. The molecule has 0 spiro atoms. The summed E-state index contributed by atoms with van der Waals surface area (Å²) in [4.78, 5) is 31.0. The molecule has 1 saturated carbocycles. The van der Waals surface area contributed by atoms with Gasteiger partial charge in [0.05, 0.1) is 41.1 Å². The van der Waals surface area contributed by atoms with E-state index in [1.54, 1.807) is 6.20 Å². The highest BCUT2D eigenvalue weighted by molar-refractivity contribution is 5.94. The van der Waals surface area contributed by atoms with Crippen LogP contribution in [0.15, 0.2) is 43.1 Å². The fraction of sp³-hybridized carbons (Fsp3) is 0.263. The van der Waals surface area contributed by atoms with Gasteiger partial charge in [0.15, 0.2) is 0 Å². The van der Waals surface area contributed by atoms with Crippen LogP contribution in [0.4, 0.5) is 4.39 Å². The Kier molecular flexibility index (Phi) is 4.98. The molecule has 1 amide bonds. The lowest BCUT2D eigenvalue weighted by Gasteiger charge is -2.12. The largest absolute Gasteiger partial charge is 0.478 e. The molecule has 3 aromatic heterocycles. The molecule has 0 aromatic carbocycles. The highest BCUT2D eigenvalue weighted by atomic mass is 19.1. The lowest BCUT2D eigenvalue weighted by Crippen LogP contribution is -2.33. The van der Waals surface area contributed by atoms with E-state index in [0.717, 1.165) is 30.8 Å². The standard InChI is InChI=1S/C19H17FN6O3/c20-14-3-12(6-21-8-14)18(27)23-15-2-1-11(4-15)17-10-26(25-24-17)16-5-13(19(28)29)7-22-9-16/h3,5-11,15H,1-2,4H2,(H,23,27)(H,28,29). The third-order valence-electron chi connectivity index (χ3n) is 4.90. The molecule has 0 bridgehead atoms. The van der Waals surface area contributed by atoms with Gasteiger partial charge in [-0.3, -0.25) is 14.8 Å². The molecule has 0 saturated heterocycles. The number of nitrogens with zero attached hydrogens (tertiary/aromatic N) is 5. The number of pyridine rings is 2. The van der Waals surface area contributed by atoms with Crippen molar-refractivity contribution in [3.63, 3.8) is 0 Å². The summed E-state index contributed by atoms with van der Waals surface area (Å²) in [5.74, 6) is -1.87. The molecule has 0 radical (unpaired) electrons. The summed E-state index contributed by atoms with van der Waals surface area (Å²) in [5.41, 5.74) is 1.51. The molecular formula is C19H17FN6O3. The topological polar surface area (TPSA) is 123 Å². The van der Waals surface area contributed by atoms with Gasteiger partial charge in [-0.2, -0.15) is 0 Å². The molecule has 1 aliphatic rings. The summed E-state index contributed by atoms with van der Waals surface area (Å²) in [5, 5.41) is 20.3. The zero-order valence-electron chi connectivity index (χ0n) is 15.2. The number of aromatic nitrogens is 5. The van der Waals surface area contributed by atoms with E-state index in [1.807, 2.05) is 0 Å². The van der Waals surface area contributed by atoms with E-state index in [9.17, 15) is 14.0 Å². The van der Waals surface area contributed by atoms with Crippen molar-refractivity contribution >= 4 is 11.9 Å². The summed E-state index contributed by atoms with van der Waals surface area (Å²) in [6.07, 6.45) is 9.16. The lowest BCUT2D eigenvalue weighted by molar-refractivity contribution is 0.0696. The molecule has 1 aliphatic carbocycles. The Morgan fingerprint density at radius 2 is 1.90 bits per heavy atom. The highest BCUT2D eigenvalue weighted by Gasteiger charge is 2.29. The van der Waals surface area contributed by atoms with Gasteiger partial charge in [-0.25, -0.2) is 13.9 Å². The average molecular weight is 396 g/mol. The van der Waals surface area contributed by atoms with Crippen LogP contribution >= 0.6 is 0 Å². The smallest absolute Gasteiger partial charge is 0.337 e. The third kappa shape index (κ3) is 4.10. The van der Waals surface area contributed by atoms with E-state index in [-0.39, 0.29) is 29.0 Å². The SMILES string of the molecule is O=C(O)c1cncc(-n2cc(C3CCC(NC(=O)c4cncc(F)c4)C3)nn2)c1. The van der Waals surface area contributed by atoms with Crippen molar-refractivity contribution in [2.45, 2.75) is 31.2 Å². The maximum absolute atomic E-state index is 13.2. The van der Waals surface area contributed by atoms with Crippen molar-refractivity contribution in [1.82, 2.24) is 30.3 Å². The summed E-state index contributed by atoms with van der Waals surface area (Å²) in [6, 6.07) is 2.57. The summed E-state index contributed by atoms with van der Waals surface area (Å²) in [6.45, 7) is 0. The van der Waals surface area contributed by atoms with Crippen LogP contribution in [0.25, 0.3) is 5.69 Å². The van der Waals surface area contributed by atoms with Gasteiger partial charge in [0.1, 0.15) is 5.82 Å². The lowest BCUT2D eigenvalue weighted by atomic mass is 10.0. The predicted octanol–water partition coefficient (Wildman–Crippen LogP) is 1.96. The molecule has 0 aliphatic heterocycles. The van der Waals surface area contributed by atoms with Gasteiger partial charge in [0.25, 0.3) is 5.91 Å². The molecular weight excluding hydrogens is 379 g/mol. The van der Waals surface area contributed by atoms with Gasteiger partial charge in [0, 0.05) is 24.4 Å². The van der Waals surface area contributed by atoms with Crippen molar-refractivity contribution in [3.05, 3.63) is 65.8 Å². The summed E-state index contributed by atoms with van der Waals surface area (Å²) in [7, 11) is 0. The number of carboxylic acids is 1. The minimum Gasteiger partial charge on any atom is -0.478 e. The Labute approximate surface area is 164 Å². The molecule has 29 heavy (non-hydrogen) atoms. The first kappa shape index (κ1) is 18.7. The van der Waals surface area contributed by atoms with Gasteiger partial charge in [0.2, 0.25) is 0 Å². The molecule has 148 valence electrons. The third-order valence-corrected chi connectivity index (χ3v) is 4.90. The van der Waals surface area contributed by atoms with Crippen LogP contribution in [0.2, 0.25) is 0 Å². The van der Waals surface area contributed by atoms with E-state index in [1.165, 1.54) is 29.3 Å². The summed E-state index contributed by atoms with van der Waals surface area (Å²) >= 11 is 0. The Morgan fingerprint density at radius 1 is 1.10 bits per heavy atom. The van der Waals surface area contributed by atoms with E-state index < -0.39 is 11.8 Å². The number of aromatic carboxylic acids is 1. The van der Waals surface area contributed by atoms with Crippen LogP contribution in [0, 0.1) is 5.82 Å². The zero-order chi connectivity index (χ0) is 20.4. The second-order valence-electron chi connectivity index (χ2n) is 6.90. The first-order valence-electron chi connectivity index (χ1n) is 9.02. The molecule has 2 atom stereocenters. The maximum atomic E-state index is 13.2. The number of halogens is 1. The van der Waals surface area contributed by atoms with E-state index in [0.29, 0.717) is 12.1 Å². The number of amides is 1. The van der Waals surface area contributed by atoms with Gasteiger partial charge in [-0.05, 0) is 31.4 Å². The molecule has 2 unspecified atom stereocenters. The van der Waals surface area contributed by atoms with Crippen LogP contribution in [0.1, 0.15) is 51.6 Å². The van der Waals surface area contributed by atoms with Gasteiger partial charge in [-0.1, -0.05) is 5.21 Å². The Balaban J connectivity index is 1.42. The van der Waals surface area contributed by atoms with Gasteiger partial charge in [-0.15, -0.1) is 5.10 Å². The Bertz CT molecular complexity index is 1070. The van der Waals surface area contributed by atoms with Crippen molar-refractivity contribution in [1.29, 1.82) is 0 Å². The van der Waals surface area contributed by atoms with E-state index >= 15 is 0 Å². The number of hydrogen-bond donors (Lipinski definition) is 2. The zero-order valence-corrected chi connectivity index (χ0v) is 15.2. The number of rotatable bonds is 5. The second kappa shape index (κ2) is 7.74. The van der Waals surface area contributed by atoms with Crippen LogP contribution in [0.3, 0.4) is 0 Å². The number of carbonyl (C=O) groups is 2. The molecule has 4 rings (SSSR count). The average Bonchev–Trinajstić information content (AvgIpc) is 3.37. The summed E-state index contributed by atoms with van der Waals surface area (Å²) < 4.78 is 14.7. The van der Waals surface area contributed by atoms with Crippen LogP contribution < -0.4 is 5.32 Å². The van der Waals surface area contributed by atoms with Crippen LogP contribution in [-0.2, 0) is 0 Å². The molecule has 3 heterocycles. The Hall–Kier alpha value is -3.69. The number of carboxylic acid groups (broad SMARTS) is 1. The normalized spacial score (nSPS) is 18.5. The fourth-order valence-corrected chi connectivity index (χ4v) is 3.45. The molecule has 1 fully saturated rings. The number of carbonyl (C=O) groups excluding carboxylic acids is 1. The minimum absolute atomic E-state index is 0.0575. The number of nitrogens with one attached hydrogen (secondary N) is 1. The Morgan fingerprint density at radius 3 is 2.69 bits per heavy atom. The monoisotopic (exact) mass is 396 g/mol. The minimum atomic E-state index is -1.07. The second-order valence-corrected chi connectivity index (χ2v) is 6.90. The quantitative estimate of drug-likeness (QED) is 0.676. The molecule has 2 N–H and O–H groups in total. The van der Waals surface area contributed by atoms with E-state index in [4.69, 9.17) is 5.11 Å². The highest BCUT2D eigenvalue weighted by Crippen LogP contribution is 2.33. The maximum Gasteiger partial charge on any atom is 0.337 e. The van der Waals surface area contributed by atoms with Crippen molar-refractivity contribution in [2.24, 2.45) is 0 Å². The van der Waals surface area contributed by atoms with E-state index in [2.05, 4.69) is 25.6 Å². The van der Waals surface area contributed by atoms with Gasteiger partial charge >= 0.3 is 5.97 Å². The fourth-order valence-electron chi connectivity index (χ4n) is 3.45.